The first-order valence-corrected chi connectivity index (χ1v) is 12.4. The summed E-state index contributed by atoms with van der Waals surface area (Å²) in [5.41, 5.74) is 7.34. The SMILES string of the molecule is NC(=O)CN1C[C@@H]2C[C@H]1CN2Cc1nc(-c2cn(CC3CCOCC3)c3c(Cl)cccc23)no1. The lowest BCUT2D eigenvalue weighted by molar-refractivity contribution is -0.119. The van der Waals surface area contributed by atoms with Crippen molar-refractivity contribution in [3.05, 3.63) is 35.3 Å². The number of ether oxygens (including phenoxy) is 1. The Balaban J connectivity index is 1.21. The molecule has 3 saturated heterocycles. The molecule has 0 spiro atoms. The highest BCUT2D eigenvalue weighted by Gasteiger charge is 2.43. The van der Waals surface area contributed by atoms with Gasteiger partial charge in [-0.15, -0.1) is 0 Å². The number of aromatic nitrogens is 3. The number of likely N-dealkylation sites (tertiary alicyclic amines) is 2. The van der Waals surface area contributed by atoms with Gasteiger partial charge in [0.05, 0.1) is 23.6 Å². The maximum Gasteiger partial charge on any atom is 0.241 e. The van der Waals surface area contributed by atoms with Crippen molar-refractivity contribution in [2.24, 2.45) is 11.7 Å². The van der Waals surface area contributed by atoms with E-state index in [9.17, 15) is 4.79 Å². The molecule has 0 aliphatic carbocycles. The topological polar surface area (TPSA) is 103 Å². The molecule has 1 aromatic carbocycles. The number of para-hydroxylation sites is 1. The average Bonchev–Trinajstić information content (AvgIpc) is 3.59. The third-order valence-electron chi connectivity index (χ3n) is 7.52. The second-order valence-electron chi connectivity index (χ2n) is 9.77. The molecule has 3 aliphatic heterocycles. The van der Waals surface area contributed by atoms with Gasteiger partial charge in [-0.05, 0) is 31.2 Å². The van der Waals surface area contributed by atoms with Gasteiger partial charge in [0, 0.05) is 62.1 Å². The zero-order chi connectivity index (χ0) is 23.2. The summed E-state index contributed by atoms with van der Waals surface area (Å²) >= 11 is 6.63. The third-order valence-corrected chi connectivity index (χ3v) is 7.82. The largest absolute Gasteiger partial charge is 0.381 e. The predicted octanol–water partition coefficient (Wildman–Crippen LogP) is 2.52. The number of piperazine rings is 1. The first-order chi connectivity index (χ1) is 16.5. The fourth-order valence-electron chi connectivity index (χ4n) is 5.87. The highest BCUT2D eigenvalue weighted by molar-refractivity contribution is 6.35. The van der Waals surface area contributed by atoms with Gasteiger partial charge in [0.1, 0.15) is 0 Å². The van der Waals surface area contributed by atoms with E-state index in [0.717, 1.165) is 73.6 Å². The molecule has 6 rings (SSSR count). The molecule has 3 aliphatic rings. The molecule has 10 heteroatoms. The first kappa shape index (κ1) is 22.0. The van der Waals surface area contributed by atoms with E-state index in [1.165, 1.54) is 0 Å². The van der Waals surface area contributed by atoms with Crippen LogP contribution in [-0.2, 0) is 22.6 Å². The van der Waals surface area contributed by atoms with Gasteiger partial charge in [0.15, 0.2) is 0 Å². The van der Waals surface area contributed by atoms with Crippen LogP contribution >= 0.6 is 11.6 Å². The zero-order valence-electron chi connectivity index (χ0n) is 19.0. The van der Waals surface area contributed by atoms with Crippen molar-refractivity contribution < 1.29 is 14.1 Å². The summed E-state index contributed by atoms with van der Waals surface area (Å²) < 4.78 is 13.4. The van der Waals surface area contributed by atoms with Crippen LogP contribution in [0, 0.1) is 5.92 Å². The summed E-state index contributed by atoms with van der Waals surface area (Å²) in [5, 5.41) is 6.09. The van der Waals surface area contributed by atoms with Crippen molar-refractivity contribution >= 4 is 28.4 Å². The Hall–Kier alpha value is -2.46. The summed E-state index contributed by atoms with van der Waals surface area (Å²) in [4.78, 5) is 20.6. The molecule has 0 unspecified atom stereocenters. The number of primary amides is 1. The van der Waals surface area contributed by atoms with E-state index in [0.29, 0.717) is 42.8 Å². The number of nitrogens with two attached hydrogens (primary N) is 1. The fourth-order valence-corrected chi connectivity index (χ4v) is 6.15. The third kappa shape index (κ3) is 4.11. The normalized spacial score (nSPS) is 23.9. The molecule has 2 N–H and O–H groups in total. The molecule has 180 valence electrons. The van der Waals surface area contributed by atoms with Crippen LogP contribution < -0.4 is 5.73 Å². The van der Waals surface area contributed by atoms with Crippen LogP contribution in [0.4, 0.5) is 0 Å². The number of hydrogen-bond acceptors (Lipinski definition) is 7. The molecule has 0 radical (unpaired) electrons. The molecule has 3 fully saturated rings. The Kier molecular flexibility index (Phi) is 5.81. The maximum absolute atomic E-state index is 11.3. The van der Waals surface area contributed by atoms with Crippen molar-refractivity contribution in [3.8, 4) is 11.4 Å². The molecule has 34 heavy (non-hydrogen) atoms. The summed E-state index contributed by atoms with van der Waals surface area (Å²) in [6.07, 6.45) is 5.27. The van der Waals surface area contributed by atoms with Gasteiger partial charge in [-0.2, -0.15) is 4.98 Å². The number of fused-ring (bicyclic) bond motifs is 3. The van der Waals surface area contributed by atoms with Crippen molar-refractivity contribution in [3.63, 3.8) is 0 Å². The summed E-state index contributed by atoms with van der Waals surface area (Å²) in [6, 6.07) is 6.72. The lowest BCUT2D eigenvalue weighted by atomic mass is 10.0. The van der Waals surface area contributed by atoms with Crippen molar-refractivity contribution in [2.75, 3.05) is 32.8 Å². The van der Waals surface area contributed by atoms with E-state index >= 15 is 0 Å². The molecular weight excluding hydrogens is 456 g/mol. The summed E-state index contributed by atoms with van der Waals surface area (Å²) in [5.74, 6) is 1.50. The van der Waals surface area contributed by atoms with Crippen molar-refractivity contribution in [1.29, 1.82) is 0 Å². The number of halogens is 1. The molecule has 3 aromatic rings. The first-order valence-electron chi connectivity index (χ1n) is 12.0. The standard InChI is InChI=1S/C24H29ClN6O3/c25-20-3-1-2-18-19(12-31(23(18)20)9-15-4-6-33-7-5-15)24-27-22(34-28-24)14-30-11-16-8-17(30)10-29(16)13-21(26)32/h1-3,12,15-17H,4-11,13-14H2,(H2,26,32)/t16-,17-/m0/s1. The van der Waals surface area contributed by atoms with Gasteiger partial charge in [0.25, 0.3) is 0 Å². The monoisotopic (exact) mass is 484 g/mol. The van der Waals surface area contributed by atoms with Gasteiger partial charge in [-0.25, -0.2) is 0 Å². The second kappa shape index (κ2) is 8.96. The number of nitrogens with zero attached hydrogens (tertiary/aromatic N) is 5. The van der Waals surface area contributed by atoms with Crippen LogP contribution in [0.5, 0.6) is 0 Å². The van der Waals surface area contributed by atoms with Gasteiger partial charge >= 0.3 is 0 Å². The molecule has 1 amide bonds. The number of carbonyl (C=O) groups is 1. The van der Waals surface area contributed by atoms with Gasteiger partial charge in [-0.1, -0.05) is 28.9 Å². The molecular formula is C24H29ClN6O3. The highest BCUT2D eigenvalue weighted by Crippen LogP contribution is 2.35. The van der Waals surface area contributed by atoms with Crippen LogP contribution in [-0.4, -0.2) is 75.3 Å². The molecule has 5 heterocycles. The minimum absolute atomic E-state index is 0.267. The molecule has 2 bridgehead atoms. The van der Waals surface area contributed by atoms with E-state index in [2.05, 4.69) is 31.8 Å². The van der Waals surface area contributed by atoms with Crippen LogP contribution in [0.1, 0.15) is 25.2 Å². The lowest BCUT2D eigenvalue weighted by Gasteiger charge is -2.32. The maximum atomic E-state index is 11.3. The number of carbonyl (C=O) groups excluding carboxylic acids is 1. The Labute approximate surface area is 202 Å². The van der Waals surface area contributed by atoms with Crippen LogP contribution in [0.3, 0.4) is 0 Å². The smallest absolute Gasteiger partial charge is 0.241 e. The fraction of sp³-hybridized carbons (Fsp3) is 0.542. The minimum Gasteiger partial charge on any atom is -0.381 e. The van der Waals surface area contributed by atoms with Crippen LogP contribution in [0.15, 0.2) is 28.9 Å². The average molecular weight is 485 g/mol. The van der Waals surface area contributed by atoms with Crippen LogP contribution in [0.25, 0.3) is 22.3 Å². The van der Waals surface area contributed by atoms with E-state index in [1.54, 1.807) is 0 Å². The van der Waals surface area contributed by atoms with Gasteiger partial charge in [0.2, 0.25) is 17.6 Å². The number of rotatable bonds is 7. The predicted molar refractivity (Wildman–Crippen MR) is 127 cm³/mol. The molecule has 0 saturated carbocycles. The van der Waals surface area contributed by atoms with E-state index in [-0.39, 0.29) is 5.91 Å². The van der Waals surface area contributed by atoms with Crippen molar-refractivity contribution in [2.45, 2.75) is 44.4 Å². The van der Waals surface area contributed by atoms with E-state index in [1.807, 2.05) is 12.1 Å². The number of benzene rings is 1. The number of hydrogen-bond donors (Lipinski definition) is 1. The number of amides is 1. The minimum atomic E-state index is -0.267. The van der Waals surface area contributed by atoms with Crippen LogP contribution in [0.2, 0.25) is 5.02 Å². The Morgan fingerprint density at radius 1 is 1.18 bits per heavy atom. The Morgan fingerprint density at radius 2 is 1.97 bits per heavy atom. The lowest BCUT2D eigenvalue weighted by Crippen LogP contribution is -2.48. The Morgan fingerprint density at radius 3 is 2.74 bits per heavy atom. The van der Waals surface area contributed by atoms with Gasteiger partial charge < -0.3 is 19.6 Å². The van der Waals surface area contributed by atoms with E-state index in [4.69, 9.17) is 31.6 Å². The zero-order valence-corrected chi connectivity index (χ0v) is 19.8. The Bertz CT molecular complexity index is 1200. The molecule has 2 atom stereocenters. The quantitative estimate of drug-likeness (QED) is 0.549. The van der Waals surface area contributed by atoms with Crippen molar-refractivity contribution in [1.82, 2.24) is 24.5 Å². The summed E-state index contributed by atoms with van der Waals surface area (Å²) in [6.45, 7) is 5.21. The second-order valence-corrected chi connectivity index (χ2v) is 10.2. The van der Waals surface area contributed by atoms with Gasteiger partial charge in [-0.3, -0.25) is 14.6 Å². The highest BCUT2D eigenvalue weighted by atomic mass is 35.5. The van der Waals surface area contributed by atoms with E-state index < -0.39 is 0 Å². The molecule has 2 aromatic heterocycles. The summed E-state index contributed by atoms with van der Waals surface area (Å²) in [7, 11) is 0. The molecule has 9 nitrogen and oxygen atoms in total.